The predicted molar refractivity (Wildman–Crippen MR) is 103 cm³/mol. The Morgan fingerprint density at radius 2 is 2.04 bits per heavy atom. The maximum absolute atomic E-state index is 12.9. The number of nitrogens with one attached hydrogen (secondary N) is 1. The van der Waals surface area contributed by atoms with Gasteiger partial charge in [-0.25, -0.2) is 0 Å². The number of aryl methyl sites for hydroxylation is 1. The highest BCUT2D eigenvalue weighted by atomic mass is 35.5. The van der Waals surface area contributed by atoms with Gasteiger partial charge in [-0.3, -0.25) is 14.9 Å². The molecule has 3 aromatic rings. The minimum absolute atomic E-state index is 0.00562. The van der Waals surface area contributed by atoms with Crippen LogP contribution >= 0.6 is 23.4 Å². The lowest BCUT2D eigenvalue weighted by atomic mass is 10.1. The lowest BCUT2D eigenvalue weighted by Gasteiger charge is -2.16. The van der Waals surface area contributed by atoms with Crippen molar-refractivity contribution in [1.82, 2.24) is 14.8 Å². The Balaban J connectivity index is 1.88. The number of nitro groups is 1. The highest BCUT2D eigenvalue weighted by Crippen LogP contribution is 2.35. The van der Waals surface area contributed by atoms with E-state index in [1.807, 2.05) is 30.3 Å². The van der Waals surface area contributed by atoms with Gasteiger partial charge >= 0.3 is 0 Å². The van der Waals surface area contributed by atoms with Crippen LogP contribution < -0.4 is 5.32 Å². The van der Waals surface area contributed by atoms with Gasteiger partial charge in [-0.2, -0.15) is 0 Å². The van der Waals surface area contributed by atoms with Gasteiger partial charge < -0.3 is 9.88 Å². The van der Waals surface area contributed by atoms with Crippen molar-refractivity contribution in [2.45, 2.75) is 10.4 Å². The van der Waals surface area contributed by atoms with Crippen LogP contribution in [0.2, 0.25) is 5.02 Å². The molecule has 0 saturated carbocycles. The highest BCUT2D eigenvalue weighted by molar-refractivity contribution is 8.00. The maximum Gasteiger partial charge on any atom is 0.289 e. The van der Waals surface area contributed by atoms with E-state index in [0.717, 1.165) is 5.56 Å². The molecule has 8 nitrogen and oxygen atoms in total. The van der Waals surface area contributed by atoms with E-state index in [0.29, 0.717) is 5.16 Å². The SMILES string of the molecule is Cn1cnnc1S[C@H](C(=O)Nc1ccc(Cl)c([N+](=O)[O-])c1)c1ccccc1. The third-order valence-corrected chi connectivity index (χ3v) is 5.27. The van der Waals surface area contributed by atoms with Crippen LogP contribution in [-0.4, -0.2) is 25.6 Å². The first-order valence-electron chi connectivity index (χ1n) is 7.76. The van der Waals surface area contributed by atoms with E-state index in [1.54, 1.807) is 17.9 Å². The normalized spacial score (nSPS) is 11.8. The topological polar surface area (TPSA) is 103 Å². The molecule has 0 aliphatic heterocycles. The molecule has 0 fully saturated rings. The summed E-state index contributed by atoms with van der Waals surface area (Å²) in [5.41, 5.74) is 0.786. The zero-order valence-corrected chi connectivity index (χ0v) is 15.6. The van der Waals surface area contributed by atoms with Gasteiger partial charge in [0.2, 0.25) is 5.91 Å². The Morgan fingerprint density at radius 1 is 1.30 bits per heavy atom. The van der Waals surface area contributed by atoms with E-state index in [1.165, 1.54) is 30.0 Å². The Morgan fingerprint density at radius 3 is 2.67 bits per heavy atom. The van der Waals surface area contributed by atoms with Gasteiger partial charge in [-0.1, -0.05) is 53.7 Å². The van der Waals surface area contributed by atoms with Crippen molar-refractivity contribution in [3.63, 3.8) is 0 Å². The minimum Gasteiger partial charge on any atom is -0.325 e. The zero-order valence-electron chi connectivity index (χ0n) is 14.1. The summed E-state index contributed by atoms with van der Waals surface area (Å²) in [6, 6.07) is 13.3. The molecule has 27 heavy (non-hydrogen) atoms. The van der Waals surface area contributed by atoms with E-state index >= 15 is 0 Å². The Bertz CT molecular complexity index is 980. The summed E-state index contributed by atoms with van der Waals surface area (Å²) in [7, 11) is 1.78. The quantitative estimate of drug-likeness (QED) is 0.381. The van der Waals surface area contributed by atoms with Crippen LogP contribution in [0.15, 0.2) is 60.0 Å². The second-order valence-electron chi connectivity index (χ2n) is 5.55. The molecule has 0 saturated heterocycles. The molecule has 0 radical (unpaired) electrons. The van der Waals surface area contributed by atoms with Crippen LogP contribution in [0.25, 0.3) is 0 Å². The molecule has 0 bridgehead atoms. The van der Waals surface area contributed by atoms with Crippen LogP contribution in [0.5, 0.6) is 0 Å². The molecule has 1 atom stereocenters. The number of hydrogen-bond donors (Lipinski definition) is 1. The average Bonchev–Trinajstić information content (AvgIpc) is 3.06. The number of amides is 1. The molecular weight excluding hydrogens is 390 g/mol. The number of halogens is 1. The summed E-state index contributed by atoms with van der Waals surface area (Å²) < 4.78 is 1.71. The monoisotopic (exact) mass is 403 g/mol. The van der Waals surface area contributed by atoms with Gasteiger partial charge in [0.1, 0.15) is 16.6 Å². The third kappa shape index (κ3) is 4.44. The second kappa shape index (κ2) is 8.19. The van der Waals surface area contributed by atoms with Crippen molar-refractivity contribution >= 4 is 40.6 Å². The average molecular weight is 404 g/mol. The van der Waals surface area contributed by atoms with Crippen LogP contribution in [0.4, 0.5) is 11.4 Å². The van der Waals surface area contributed by atoms with Gasteiger partial charge in [-0.15, -0.1) is 10.2 Å². The van der Waals surface area contributed by atoms with Crippen molar-refractivity contribution in [3.05, 3.63) is 75.6 Å². The van der Waals surface area contributed by atoms with Gasteiger partial charge in [0, 0.05) is 18.8 Å². The number of hydrogen-bond acceptors (Lipinski definition) is 6. The van der Waals surface area contributed by atoms with E-state index in [4.69, 9.17) is 11.6 Å². The first kappa shape index (κ1) is 18.9. The summed E-state index contributed by atoms with van der Waals surface area (Å²) in [4.78, 5) is 23.4. The summed E-state index contributed by atoms with van der Waals surface area (Å²) in [5, 5.41) is 21.6. The summed E-state index contributed by atoms with van der Waals surface area (Å²) in [6.07, 6.45) is 1.55. The molecule has 1 amide bonds. The largest absolute Gasteiger partial charge is 0.325 e. The number of carbonyl (C=O) groups is 1. The zero-order chi connectivity index (χ0) is 19.4. The number of thioether (sulfide) groups is 1. The summed E-state index contributed by atoms with van der Waals surface area (Å²) >= 11 is 7.06. The minimum atomic E-state index is -0.621. The molecular formula is C17H14ClN5O3S. The molecule has 0 spiro atoms. The number of carbonyl (C=O) groups excluding carboxylic acids is 1. The molecule has 1 aromatic heterocycles. The predicted octanol–water partition coefficient (Wildman–Crippen LogP) is 3.85. The van der Waals surface area contributed by atoms with Gasteiger partial charge in [0.25, 0.3) is 5.69 Å². The summed E-state index contributed by atoms with van der Waals surface area (Å²) in [6.45, 7) is 0. The molecule has 10 heteroatoms. The van der Waals surface area contributed by atoms with Gasteiger partial charge in [0.05, 0.1) is 4.92 Å². The number of aromatic nitrogens is 3. The Kier molecular flexibility index (Phi) is 5.72. The highest BCUT2D eigenvalue weighted by Gasteiger charge is 2.25. The molecule has 1 N–H and O–H groups in total. The van der Waals surface area contributed by atoms with Crippen molar-refractivity contribution in [2.75, 3.05) is 5.32 Å². The lowest BCUT2D eigenvalue weighted by molar-refractivity contribution is -0.384. The fraction of sp³-hybridized carbons (Fsp3) is 0.118. The van der Waals surface area contributed by atoms with Gasteiger partial charge in [-0.05, 0) is 17.7 Å². The molecule has 3 rings (SSSR count). The lowest BCUT2D eigenvalue weighted by Crippen LogP contribution is -2.19. The molecule has 2 aromatic carbocycles. The van der Waals surface area contributed by atoms with Crippen molar-refractivity contribution in [3.8, 4) is 0 Å². The molecule has 0 aliphatic rings. The van der Waals surface area contributed by atoms with Crippen LogP contribution in [0.3, 0.4) is 0 Å². The number of rotatable bonds is 6. The number of nitro benzene ring substituents is 1. The maximum atomic E-state index is 12.9. The second-order valence-corrected chi connectivity index (χ2v) is 7.03. The smallest absolute Gasteiger partial charge is 0.289 e. The third-order valence-electron chi connectivity index (χ3n) is 3.64. The first-order chi connectivity index (χ1) is 13.0. The van der Waals surface area contributed by atoms with E-state index in [-0.39, 0.29) is 22.3 Å². The summed E-state index contributed by atoms with van der Waals surface area (Å²) in [5.74, 6) is -0.342. The molecule has 138 valence electrons. The van der Waals surface area contributed by atoms with E-state index in [9.17, 15) is 14.9 Å². The van der Waals surface area contributed by atoms with Crippen LogP contribution in [0, 0.1) is 10.1 Å². The standard InChI is InChI=1S/C17H14ClN5O3S/c1-22-10-19-21-17(22)27-15(11-5-3-2-4-6-11)16(24)20-12-7-8-13(18)14(9-12)23(25)26/h2-10,15H,1H3,(H,20,24)/t15-/m0/s1. The van der Waals surface area contributed by atoms with Gasteiger partial charge in [0.15, 0.2) is 5.16 Å². The Hall–Kier alpha value is -2.91. The van der Waals surface area contributed by atoms with Crippen molar-refractivity contribution in [2.24, 2.45) is 7.05 Å². The van der Waals surface area contributed by atoms with Crippen molar-refractivity contribution in [1.29, 1.82) is 0 Å². The molecule has 0 aliphatic carbocycles. The van der Waals surface area contributed by atoms with Crippen molar-refractivity contribution < 1.29 is 9.72 Å². The number of benzene rings is 2. The first-order valence-corrected chi connectivity index (χ1v) is 9.02. The van der Waals surface area contributed by atoms with Crippen LogP contribution in [-0.2, 0) is 11.8 Å². The number of anilines is 1. The Labute approximate surface area is 163 Å². The van der Waals surface area contributed by atoms with Crippen LogP contribution in [0.1, 0.15) is 10.8 Å². The van der Waals surface area contributed by atoms with E-state index in [2.05, 4.69) is 15.5 Å². The molecule has 1 heterocycles. The fourth-order valence-electron chi connectivity index (χ4n) is 2.32. The number of nitrogens with zero attached hydrogens (tertiary/aromatic N) is 4. The van der Waals surface area contributed by atoms with E-state index < -0.39 is 10.2 Å². The molecule has 0 unspecified atom stereocenters. The fourth-order valence-corrected chi connectivity index (χ4v) is 3.49.